The second-order valence-electron chi connectivity index (χ2n) is 5.55. The number of nitrogens with zero attached hydrogens (tertiary/aromatic N) is 1. The summed E-state index contributed by atoms with van der Waals surface area (Å²) in [6.45, 7) is 0.112. The number of halogens is 2. The molecule has 2 amide bonds. The molecule has 3 rings (SSSR count). The number of benzene rings is 1. The molecule has 1 aromatic rings. The first-order chi connectivity index (χ1) is 9.97. The number of carbonyl (C=O) groups excluding carboxylic acids is 2. The van der Waals surface area contributed by atoms with Crippen LogP contribution in [0.1, 0.15) is 18.4 Å². The Hall–Kier alpha value is -1.98. The first-order valence-corrected chi connectivity index (χ1v) is 6.88. The quantitative estimate of drug-likeness (QED) is 0.858. The van der Waals surface area contributed by atoms with Crippen molar-refractivity contribution in [2.45, 2.75) is 31.2 Å². The van der Waals surface area contributed by atoms with E-state index in [9.17, 15) is 18.4 Å². The molecule has 1 aromatic carbocycles. The summed E-state index contributed by atoms with van der Waals surface area (Å²) in [6, 6.07) is 8.96. The predicted octanol–water partition coefficient (Wildman–Crippen LogP) is 2.62. The molecule has 1 saturated heterocycles. The molecular formula is C15H15F2NO3. The van der Waals surface area contributed by atoms with Crippen LogP contribution in [0.25, 0.3) is 0 Å². The standard InChI is InChI=1S/C15H15F2NO3/c16-15(17)8-11(15)7-13(19)18-12(9-21-14(18)20)6-10-4-2-1-3-5-10/h1-5,11-12H,6-9H2/t11-,12+/m1/s1. The largest absolute Gasteiger partial charge is 0.447 e. The van der Waals surface area contributed by atoms with Gasteiger partial charge in [0.2, 0.25) is 5.91 Å². The molecule has 2 aliphatic rings. The number of rotatable bonds is 4. The van der Waals surface area contributed by atoms with Crippen molar-refractivity contribution in [3.8, 4) is 0 Å². The number of hydrogen-bond acceptors (Lipinski definition) is 3. The highest BCUT2D eigenvalue weighted by Gasteiger charge is 2.58. The van der Waals surface area contributed by atoms with Crippen LogP contribution in [0, 0.1) is 5.92 Å². The van der Waals surface area contributed by atoms with E-state index in [1.54, 1.807) is 0 Å². The number of cyclic esters (lactones) is 1. The molecule has 4 nitrogen and oxygen atoms in total. The average Bonchev–Trinajstić information content (AvgIpc) is 2.86. The molecule has 0 N–H and O–H groups in total. The summed E-state index contributed by atoms with van der Waals surface area (Å²) in [7, 11) is 0. The van der Waals surface area contributed by atoms with Crippen molar-refractivity contribution in [1.29, 1.82) is 0 Å². The van der Waals surface area contributed by atoms with E-state index >= 15 is 0 Å². The van der Waals surface area contributed by atoms with Crippen molar-refractivity contribution in [1.82, 2.24) is 4.90 Å². The van der Waals surface area contributed by atoms with Crippen LogP contribution < -0.4 is 0 Å². The Morgan fingerprint density at radius 3 is 2.62 bits per heavy atom. The minimum absolute atomic E-state index is 0.112. The summed E-state index contributed by atoms with van der Waals surface area (Å²) >= 11 is 0. The first kappa shape index (κ1) is 14.0. The smallest absolute Gasteiger partial charge is 0.416 e. The molecule has 2 atom stereocenters. The molecule has 1 aliphatic carbocycles. The zero-order valence-electron chi connectivity index (χ0n) is 11.3. The molecule has 21 heavy (non-hydrogen) atoms. The molecule has 112 valence electrons. The highest BCUT2D eigenvalue weighted by molar-refractivity contribution is 5.93. The molecule has 2 fully saturated rings. The number of alkyl halides is 2. The van der Waals surface area contributed by atoms with Gasteiger partial charge in [0.1, 0.15) is 6.61 Å². The minimum Gasteiger partial charge on any atom is -0.447 e. The molecule has 0 spiro atoms. The lowest BCUT2D eigenvalue weighted by Crippen LogP contribution is -2.40. The van der Waals surface area contributed by atoms with E-state index in [2.05, 4.69) is 0 Å². The van der Waals surface area contributed by atoms with Crippen LogP contribution >= 0.6 is 0 Å². The van der Waals surface area contributed by atoms with E-state index in [-0.39, 0.29) is 19.4 Å². The SMILES string of the molecule is O=C(C[C@@H]1CC1(F)F)N1C(=O)OC[C@@H]1Cc1ccccc1. The summed E-state index contributed by atoms with van der Waals surface area (Å²) in [6.07, 6.45) is -0.831. The molecule has 6 heteroatoms. The van der Waals surface area contributed by atoms with Crippen molar-refractivity contribution in [2.24, 2.45) is 5.92 Å². The summed E-state index contributed by atoms with van der Waals surface area (Å²) in [5.41, 5.74) is 0.968. The minimum atomic E-state index is -2.76. The van der Waals surface area contributed by atoms with E-state index < -0.39 is 29.9 Å². The summed E-state index contributed by atoms with van der Waals surface area (Å²) < 4.78 is 30.7. The zero-order valence-corrected chi connectivity index (χ0v) is 11.3. The highest BCUT2D eigenvalue weighted by atomic mass is 19.3. The monoisotopic (exact) mass is 295 g/mol. The number of hydrogen-bond donors (Lipinski definition) is 0. The van der Waals surface area contributed by atoms with Crippen LogP contribution in [-0.2, 0) is 16.0 Å². The second kappa shape index (κ2) is 5.09. The number of imide groups is 1. The number of amides is 2. The van der Waals surface area contributed by atoms with Gasteiger partial charge in [-0.05, 0) is 12.0 Å². The first-order valence-electron chi connectivity index (χ1n) is 6.88. The van der Waals surface area contributed by atoms with Gasteiger partial charge in [0.25, 0.3) is 5.92 Å². The number of ether oxygens (including phenoxy) is 1. The van der Waals surface area contributed by atoms with Crippen molar-refractivity contribution in [3.63, 3.8) is 0 Å². The topological polar surface area (TPSA) is 46.6 Å². The Morgan fingerprint density at radius 2 is 2.00 bits per heavy atom. The summed E-state index contributed by atoms with van der Waals surface area (Å²) in [5.74, 6) is -4.26. The lowest BCUT2D eigenvalue weighted by Gasteiger charge is -2.19. The second-order valence-corrected chi connectivity index (χ2v) is 5.55. The van der Waals surface area contributed by atoms with Gasteiger partial charge >= 0.3 is 6.09 Å². The third kappa shape index (κ3) is 2.89. The van der Waals surface area contributed by atoms with Gasteiger partial charge in [-0.25, -0.2) is 18.5 Å². The van der Waals surface area contributed by atoms with E-state index in [0.717, 1.165) is 10.5 Å². The van der Waals surface area contributed by atoms with Crippen LogP contribution in [0.3, 0.4) is 0 Å². The molecular weight excluding hydrogens is 280 g/mol. The fourth-order valence-electron chi connectivity index (χ4n) is 2.60. The van der Waals surface area contributed by atoms with E-state index in [1.807, 2.05) is 30.3 Å². The molecule has 0 radical (unpaired) electrons. The summed E-state index contributed by atoms with van der Waals surface area (Å²) in [4.78, 5) is 24.8. The molecule has 1 saturated carbocycles. The van der Waals surface area contributed by atoms with Gasteiger partial charge in [-0.15, -0.1) is 0 Å². The van der Waals surface area contributed by atoms with Gasteiger partial charge in [-0.2, -0.15) is 0 Å². The molecule has 0 aromatic heterocycles. The highest BCUT2D eigenvalue weighted by Crippen LogP contribution is 2.51. The van der Waals surface area contributed by atoms with Gasteiger partial charge in [0.15, 0.2) is 0 Å². The van der Waals surface area contributed by atoms with Crippen LogP contribution in [0.4, 0.5) is 13.6 Å². The number of carbonyl (C=O) groups is 2. The van der Waals surface area contributed by atoms with Crippen molar-refractivity contribution < 1.29 is 23.1 Å². The van der Waals surface area contributed by atoms with E-state index in [0.29, 0.717) is 6.42 Å². The molecule has 0 bridgehead atoms. The Morgan fingerprint density at radius 1 is 1.33 bits per heavy atom. The van der Waals surface area contributed by atoms with Gasteiger partial charge < -0.3 is 4.74 Å². The third-order valence-electron chi connectivity index (χ3n) is 3.92. The van der Waals surface area contributed by atoms with Gasteiger partial charge in [-0.1, -0.05) is 30.3 Å². The lowest BCUT2D eigenvalue weighted by molar-refractivity contribution is -0.130. The maximum atomic E-state index is 12.9. The lowest BCUT2D eigenvalue weighted by atomic mass is 10.1. The van der Waals surface area contributed by atoms with E-state index in [1.165, 1.54) is 0 Å². The molecule has 1 heterocycles. The van der Waals surface area contributed by atoms with Gasteiger partial charge in [0.05, 0.1) is 6.04 Å². The van der Waals surface area contributed by atoms with Crippen LogP contribution in [-0.4, -0.2) is 35.5 Å². The van der Waals surface area contributed by atoms with Crippen LogP contribution in [0.5, 0.6) is 0 Å². The molecule has 1 aliphatic heterocycles. The summed E-state index contributed by atoms with van der Waals surface area (Å²) in [5, 5.41) is 0. The fraction of sp³-hybridized carbons (Fsp3) is 0.467. The van der Waals surface area contributed by atoms with Gasteiger partial charge in [-0.3, -0.25) is 4.79 Å². The van der Waals surface area contributed by atoms with Gasteiger partial charge in [0, 0.05) is 18.8 Å². The normalized spacial score (nSPS) is 26.6. The van der Waals surface area contributed by atoms with Crippen molar-refractivity contribution in [2.75, 3.05) is 6.61 Å². The maximum absolute atomic E-state index is 12.9. The van der Waals surface area contributed by atoms with Crippen molar-refractivity contribution in [3.05, 3.63) is 35.9 Å². The maximum Gasteiger partial charge on any atom is 0.416 e. The third-order valence-corrected chi connectivity index (χ3v) is 3.92. The molecule has 0 unspecified atom stereocenters. The Labute approximate surface area is 120 Å². The van der Waals surface area contributed by atoms with E-state index in [4.69, 9.17) is 4.74 Å². The predicted molar refractivity (Wildman–Crippen MR) is 69.8 cm³/mol. The van der Waals surface area contributed by atoms with Crippen LogP contribution in [0.15, 0.2) is 30.3 Å². The van der Waals surface area contributed by atoms with Crippen LogP contribution in [0.2, 0.25) is 0 Å². The Bertz CT molecular complexity index is 561. The fourth-order valence-corrected chi connectivity index (χ4v) is 2.60. The Balaban J connectivity index is 1.66. The van der Waals surface area contributed by atoms with Crippen molar-refractivity contribution >= 4 is 12.0 Å². The Kier molecular flexibility index (Phi) is 3.39. The average molecular weight is 295 g/mol. The zero-order chi connectivity index (χ0) is 15.0.